The molecule has 0 atom stereocenters. The van der Waals surface area contributed by atoms with E-state index in [0.29, 0.717) is 5.46 Å². The Morgan fingerprint density at radius 3 is 2.71 bits per heavy atom. The van der Waals surface area contributed by atoms with Crippen LogP contribution in [0.1, 0.15) is 19.8 Å². The Kier molecular flexibility index (Phi) is 5.00. The van der Waals surface area contributed by atoms with Crippen LogP contribution in [0.4, 0.5) is 0 Å². The first-order valence-electron chi connectivity index (χ1n) is 4.69. The Morgan fingerprint density at radius 2 is 2.21 bits per heavy atom. The van der Waals surface area contributed by atoms with Crippen LogP contribution in [0.25, 0.3) is 0 Å². The topological polar surface area (TPSA) is 53.4 Å². The second-order valence-electron chi connectivity index (χ2n) is 3.01. The highest BCUT2D eigenvalue weighted by Crippen LogP contribution is 2.14. The third kappa shape index (κ3) is 3.70. The van der Waals surface area contributed by atoms with Crippen LogP contribution in [0, 0.1) is 0 Å². The van der Waals surface area contributed by atoms with Crippen molar-refractivity contribution in [2.75, 3.05) is 5.75 Å². The molecule has 0 bridgehead atoms. The summed E-state index contributed by atoms with van der Waals surface area (Å²) in [6, 6.07) is 3.50. The summed E-state index contributed by atoms with van der Waals surface area (Å²) in [6.45, 7) is 2.15. The highest BCUT2D eigenvalue weighted by Gasteiger charge is 2.10. The van der Waals surface area contributed by atoms with Gasteiger partial charge in [0.2, 0.25) is 0 Å². The second kappa shape index (κ2) is 6.06. The van der Waals surface area contributed by atoms with Gasteiger partial charge in [0, 0.05) is 11.7 Å². The van der Waals surface area contributed by atoms with Gasteiger partial charge in [0.05, 0.1) is 5.03 Å². The highest BCUT2D eigenvalue weighted by atomic mass is 32.2. The molecule has 0 aliphatic carbocycles. The van der Waals surface area contributed by atoms with Crippen molar-refractivity contribution < 1.29 is 10.0 Å². The zero-order valence-corrected chi connectivity index (χ0v) is 9.00. The fourth-order valence-electron chi connectivity index (χ4n) is 0.951. The van der Waals surface area contributed by atoms with E-state index in [4.69, 9.17) is 10.0 Å². The lowest BCUT2D eigenvalue weighted by Gasteiger charge is -2.01. The normalized spacial score (nSPS) is 10.2. The van der Waals surface area contributed by atoms with Crippen LogP contribution in [-0.2, 0) is 0 Å². The molecule has 0 amide bonds. The molecule has 1 rings (SSSR count). The first-order chi connectivity index (χ1) is 6.74. The maximum atomic E-state index is 8.84. The molecule has 0 spiro atoms. The fraction of sp³-hybridized carbons (Fsp3) is 0.444. The van der Waals surface area contributed by atoms with Crippen LogP contribution in [0.15, 0.2) is 23.4 Å². The number of nitrogens with zero attached hydrogens (tertiary/aromatic N) is 1. The Balaban J connectivity index is 2.47. The zero-order valence-electron chi connectivity index (χ0n) is 8.18. The average molecular weight is 211 g/mol. The molecule has 0 saturated carbocycles. The highest BCUT2D eigenvalue weighted by molar-refractivity contribution is 7.99. The molecular formula is C9H14BNO2S. The molecule has 0 fully saturated rings. The Hall–Kier alpha value is -0.515. The fourth-order valence-corrected chi connectivity index (χ4v) is 1.88. The van der Waals surface area contributed by atoms with Gasteiger partial charge >= 0.3 is 7.12 Å². The predicted molar refractivity (Wildman–Crippen MR) is 59.7 cm³/mol. The van der Waals surface area contributed by atoms with E-state index in [-0.39, 0.29) is 0 Å². The predicted octanol–water partition coefficient (Wildman–Crippen LogP) is 0.654. The van der Waals surface area contributed by atoms with E-state index in [1.807, 2.05) is 6.07 Å². The van der Waals surface area contributed by atoms with Crippen molar-refractivity contribution in [3.63, 3.8) is 0 Å². The molecule has 0 unspecified atom stereocenters. The van der Waals surface area contributed by atoms with Crippen LogP contribution in [0.3, 0.4) is 0 Å². The Bertz CT molecular complexity index is 266. The molecule has 76 valence electrons. The molecule has 3 nitrogen and oxygen atoms in total. The quantitative estimate of drug-likeness (QED) is 0.426. The van der Waals surface area contributed by atoms with Crippen molar-refractivity contribution in [2.45, 2.75) is 24.8 Å². The van der Waals surface area contributed by atoms with E-state index in [1.165, 1.54) is 19.0 Å². The Morgan fingerprint density at radius 1 is 1.43 bits per heavy atom. The van der Waals surface area contributed by atoms with Crippen LogP contribution >= 0.6 is 11.8 Å². The monoisotopic (exact) mass is 211 g/mol. The van der Waals surface area contributed by atoms with Crippen LogP contribution in [0.5, 0.6) is 0 Å². The molecule has 0 aliphatic heterocycles. The lowest BCUT2D eigenvalue weighted by Crippen LogP contribution is -2.29. The second-order valence-corrected chi connectivity index (χ2v) is 4.12. The van der Waals surface area contributed by atoms with Crippen molar-refractivity contribution in [1.29, 1.82) is 0 Å². The van der Waals surface area contributed by atoms with Gasteiger partial charge in [0.15, 0.2) is 0 Å². The summed E-state index contributed by atoms with van der Waals surface area (Å²) in [4.78, 5) is 4.11. The van der Waals surface area contributed by atoms with Gasteiger partial charge in [0.1, 0.15) is 0 Å². The molecule has 1 heterocycles. The minimum atomic E-state index is -1.42. The van der Waals surface area contributed by atoms with Gasteiger partial charge < -0.3 is 10.0 Å². The van der Waals surface area contributed by atoms with Crippen LogP contribution in [0.2, 0.25) is 0 Å². The van der Waals surface area contributed by atoms with E-state index >= 15 is 0 Å². The number of rotatable bonds is 5. The molecule has 14 heavy (non-hydrogen) atoms. The van der Waals surface area contributed by atoms with Crippen LogP contribution < -0.4 is 5.46 Å². The average Bonchev–Trinajstić information content (AvgIpc) is 2.19. The van der Waals surface area contributed by atoms with Crippen molar-refractivity contribution >= 4 is 24.3 Å². The van der Waals surface area contributed by atoms with E-state index in [1.54, 1.807) is 17.8 Å². The third-order valence-corrected chi connectivity index (χ3v) is 2.84. The first-order valence-corrected chi connectivity index (χ1v) is 5.67. The summed E-state index contributed by atoms with van der Waals surface area (Å²) in [5, 5.41) is 18.6. The van der Waals surface area contributed by atoms with E-state index < -0.39 is 7.12 Å². The summed E-state index contributed by atoms with van der Waals surface area (Å²) in [5.74, 6) is 1.06. The smallest absolute Gasteiger partial charge is 0.423 e. The summed E-state index contributed by atoms with van der Waals surface area (Å²) < 4.78 is 0. The standard InChI is InChI=1S/C9H14BNO2S/c1-2-3-6-14-9-5-4-8(7-11-9)10(12)13/h4-5,7,12-13H,2-3,6H2,1H3. The molecule has 0 saturated heterocycles. The summed E-state index contributed by atoms with van der Waals surface area (Å²) in [5.41, 5.74) is 0.435. The number of pyridine rings is 1. The number of hydrogen-bond donors (Lipinski definition) is 2. The van der Waals surface area contributed by atoms with Crippen molar-refractivity contribution in [1.82, 2.24) is 4.98 Å². The van der Waals surface area contributed by atoms with Crippen molar-refractivity contribution in [3.05, 3.63) is 18.3 Å². The van der Waals surface area contributed by atoms with Gasteiger partial charge in [-0.15, -0.1) is 11.8 Å². The zero-order chi connectivity index (χ0) is 10.4. The van der Waals surface area contributed by atoms with E-state index in [0.717, 1.165) is 10.8 Å². The molecule has 5 heteroatoms. The summed E-state index contributed by atoms with van der Waals surface area (Å²) >= 11 is 1.69. The number of thioether (sulfide) groups is 1. The number of hydrogen-bond acceptors (Lipinski definition) is 4. The molecule has 0 radical (unpaired) electrons. The van der Waals surface area contributed by atoms with Crippen molar-refractivity contribution in [2.24, 2.45) is 0 Å². The SMILES string of the molecule is CCCCSc1ccc(B(O)O)cn1. The van der Waals surface area contributed by atoms with Gasteiger partial charge in [-0.3, -0.25) is 4.98 Å². The van der Waals surface area contributed by atoms with Gasteiger partial charge in [-0.05, 0) is 18.2 Å². The lowest BCUT2D eigenvalue weighted by atomic mass is 9.82. The largest absolute Gasteiger partial charge is 0.490 e. The van der Waals surface area contributed by atoms with Gasteiger partial charge in [-0.1, -0.05) is 19.4 Å². The number of unbranched alkanes of at least 4 members (excludes halogenated alkanes) is 1. The minimum absolute atomic E-state index is 0.435. The van der Waals surface area contributed by atoms with Gasteiger partial charge in [-0.25, -0.2) is 0 Å². The van der Waals surface area contributed by atoms with Crippen molar-refractivity contribution in [3.8, 4) is 0 Å². The van der Waals surface area contributed by atoms with E-state index in [9.17, 15) is 0 Å². The maximum absolute atomic E-state index is 8.84. The molecule has 1 aromatic heterocycles. The van der Waals surface area contributed by atoms with Gasteiger partial charge in [-0.2, -0.15) is 0 Å². The maximum Gasteiger partial charge on any atom is 0.490 e. The summed E-state index contributed by atoms with van der Waals surface area (Å²) in [7, 11) is -1.42. The Labute approximate surface area is 88.7 Å². The van der Waals surface area contributed by atoms with Crippen LogP contribution in [-0.4, -0.2) is 27.9 Å². The first kappa shape index (κ1) is 11.6. The molecular weight excluding hydrogens is 197 g/mol. The third-order valence-electron chi connectivity index (χ3n) is 1.81. The summed E-state index contributed by atoms with van der Waals surface area (Å²) in [6.07, 6.45) is 3.86. The minimum Gasteiger partial charge on any atom is -0.423 e. The molecule has 1 aromatic rings. The molecule has 0 aliphatic rings. The number of aromatic nitrogens is 1. The van der Waals surface area contributed by atoms with E-state index in [2.05, 4.69) is 11.9 Å². The van der Waals surface area contributed by atoms with Gasteiger partial charge in [0.25, 0.3) is 0 Å². The molecule has 2 N–H and O–H groups in total. The lowest BCUT2D eigenvalue weighted by molar-refractivity contribution is 0.425. The molecule has 0 aromatic carbocycles.